The standard InChI is InChI=1S/C18H23NO/c1-13(19-14(2)18-8-5-11-20-18)16-10-9-15-6-3-4-7-17(15)12-16/h5,8-14,19H,3-4,6-7H2,1-2H3/t13?,14-/m1/s1. The fourth-order valence-corrected chi connectivity index (χ4v) is 3.11. The molecule has 2 heteroatoms. The molecule has 1 aliphatic rings. The Hall–Kier alpha value is -1.54. The van der Waals surface area contributed by atoms with E-state index in [1.165, 1.54) is 31.2 Å². The molecule has 0 saturated carbocycles. The minimum absolute atomic E-state index is 0.232. The van der Waals surface area contributed by atoms with Crippen LogP contribution in [0.2, 0.25) is 0 Å². The third kappa shape index (κ3) is 2.80. The lowest BCUT2D eigenvalue weighted by Gasteiger charge is -2.22. The quantitative estimate of drug-likeness (QED) is 0.879. The van der Waals surface area contributed by atoms with E-state index < -0.39 is 0 Å². The molecule has 1 aromatic carbocycles. The maximum Gasteiger partial charge on any atom is 0.120 e. The summed E-state index contributed by atoms with van der Waals surface area (Å²) in [5.41, 5.74) is 4.48. The van der Waals surface area contributed by atoms with Gasteiger partial charge in [-0.25, -0.2) is 0 Å². The van der Waals surface area contributed by atoms with Gasteiger partial charge in [-0.2, -0.15) is 0 Å². The summed E-state index contributed by atoms with van der Waals surface area (Å²) in [6.45, 7) is 4.37. The summed E-state index contributed by atoms with van der Waals surface area (Å²) in [5.74, 6) is 0.995. The van der Waals surface area contributed by atoms with Crippen molar-refractivity contribution in [2.75, 3.05) is 0 Å². The zero-order valence-electron chi connectivity index (χ0n) is 12.4. The molecule has 0 aliphatic heterocycles. The molecule has 0 bridgehead atoms. The average molecular weight is 269 g/mol. The Labute approximate surface area is 121 Å². The zero-order valence-corrected chi connectivity index (χ0v) is 12.4. The maximum absolute atomic E-state index is 5.46. The van der Waals surface area contributed by atoms with Crippen molar-refractivity contribution in [3.8, 4) is 0 Å². The first-order chi connectivity index (χ1) is 9.74. The second-order valence-electron chi connectivity index (χ2n) is 5.86. The van der Waals surface area contributed by atoms with Crippen LogP contribution in [-0.4, -0.2) is 0 Å². The van der Waals surface area contributed by atoms with Crippen LogP contribution in [0.25, 0.3) is 0 Å². The molecule has 0 fully saturated rings. The van der Waals surface area contributed by atoms with Crippen molar-refractivity contribution < 1.29 is 4.42 Å². The lowest BCUT2D eigenvalue weighted by Crippen LogP contribution is -2.22. The van der Waals surface area contributed by atoms with Gasteiger partial charge in [0.1, 0.15) is 5.76 Å². The fourth-order valence-electron chi connectivity index (χ4n) is 3.11. The van der Waals surface area contributed by atoms with Crippen molar-refractivity contribution in [2.24, 2.45) is 0 Å². The van der Waals surface area contributed by atoms with Gasteiger partial charge in [-0.1, -0.05) is 18.2 Å². The fraction of sp³-hybridized carbons (Fsp3) is 0.444. The molecule has 1 N–H and O–H groups in total. The highest BCUT2D eigenvalue weighted by molar-refractivity contribution is 5.35. The lowest BCUT2D eigenvalue weighted by atomic mass is 9.89. The monoisotopic (exact) mass is 269 g/mol. The first-order valence-electron chi connectivity index (χ1n) is 7.65. The Bertz CT molecular complexity index is 559. The lowest BCUT2D eigenvalue weighted by molar-refractivity contribution is 0.403. The predicted molar refractivity (Wildman–Crippen MR) is 81.8 cm³/mol. The van der Waals surface area contributed by atoms with Crippen LogP contribution in [-0.2, 0) is 12.8 Å². The maximum atomic E-state index is 5.46. The number of furan rings is 1. The molecule has 1 unspecified atom stereocenters. The molecule has 1 aromatic heterocycles. The van der Waals surface area contributed by atoms with Crippen molar-refractivity contribution in [3.05, 3.63) is 59.0 Å². The SMILES string of the molecule is CC(N[C@H](C)c1ccco1)c1ccc2c(c1)CCCC2. The molecule has 20 heavy (non-hydrogen) atoms. The first kappa shape index (κ1) is 13.4. The van der Waals surface area contributed by atoms with Crippen molar-refractivity contribution in [1.82, 2.24) is 5.32 Å². The highest BCUT2D eigenvalue weighted by atomic mass is 16.3. The number of hydrogen-bond donors (Lipinski definition) is 1. The number of aryl methyl sites for hydroxylation is 2. The molecule has 0 saturated heterocycles. The number of hydrogen-bond acceptors (Lipinski definition) is 2. The average Bonchev–Trinajstić information content (AvgIpc) is 3.01. The summed E-state index contributed by atoms with van der Waals surface area (Å²) in [4.78, 5) is 0. The van der Waals surface area contributed by atoms with Gasteiger partial charge in [-0.3, -0.25) is 0 Å². The molecule has 1 aliphatic carbocycles. The highest BCUT2D eigenvalue weighted by Crippen LogP contribution is 2.26. The Kier molecular flexibility index (Phi) is 3.93. The van der Waals surface area contributed by atoms with Crippen LogP contribution in [0.3, 0.4) is 0 Å². The van der Waals surface area contributed by atoms with Crippen LogP contribution in [0.5, 0.6) is 0 Å². The molecule has 2 atom stereocenters. The number of nitrogens with one attached hydrogen (secondary N) is 1. The van der Waals surface area contributed by atoms with Crippen molar-refractivity contribution >= 4 is 0 Å². The molecule has 106 valence electrons. The van der Waals surface area contributed by atoms with E-state index in [1.54, 1.807) is 17.4 Å². The van der Waals surface area contributed by atoms with Crippen LogP contribution in [0, 0.1) is 0 Å². The number of rotatable bonds is 4. The van der Waals surface area contributed by atoms with Gasteiger partial charge in [0.25, 0.3) is 0 Å². The van der Waals surface area contributed by atoms with E-state index in [0.717, 1.165) is 5.76 Å². The van der Waals surface area contributed by atoms with E-state index in [4.69, 9.17) is 4.42 Å². The molecule has 3 rings (SSSR count). The van der Waals surface area contributed by atoms with Gasteiger partial charge >= 0.3 is 0 Å². The van der Waals surface area contributed by atoms with Crippen LogP contribution < -0.4 is 5.32 Å². The third-order valence-electron chi connectivity index (χ3n) is 4.34. The zero-order chi connectivity index (χ0) is 13.9. The van der Waals surface area contributed by atoms with Crippen molar-refractivity contribution in [2.45, 2.75) is 51.6 Å². The molecular weight excluding hydrogens is 246 g/mol. The van der Waals surface area contributed by atoms with E-state index in [9.17, 15) is 0 Å². The molecule has 2 nitrogen and oxygen atoms in total. The van der Waals surface area contributed by atoms with Gasteiger partial charge in [0.2, 0.25) is 0 Å². The molecule has 0 spiro atoms. The minimum atomic E-state index is 0.232. The highest BCUT2D eigenvalue weighted by Gasteiger charge is 2.15. The second kappa shape index (κ2) is 5.84. The summed E-state index contributed by atoms with van der Waals surface area (Å²) < 4.78 is 5.46. The van der Waals surface area contributed by atoms with E-state index >= 15 is 0 Å². The van der Waals surface area contributed by atoms with Gasteiger partial charge in [-0.15, -0.1) is 0 Å². The molecule has 2 aromatic rings. The normalized spacial score (nSPS) is 17.5. The van der Waals surface area contributed by atoms with Crippen molar-refractivity contribution in [3.63, 3.8) is 0 Å². The Morgan fingerprint density at radius 2 is 1.80 bits per heavy atom. The van der Waals surface area contributed by atoms with Gasteiger partial charge in [-0.05, 0) is 68.4 Å². The topological polar surface area (TPSA) is 25.2 Å². The van der Waals surface area contributed by atoms with Crippen LogP contribution in [0.4, 0.5) is 0 Å². The number of benzene rings is 1. The van der Waals surface area contributed by atoms with Crippen molar-refractivity contribution in [1.29, 1.82) is 0 Å². The second-order valence-corrected chi connectivity index (χ2v) is 5.86. The summed E-state index contributed by atoms with van der Waals surface area (Å²) >= 11 is 0. The van der Waals surface area contributed by atoms with Gasteiger partial charge in [0.05, 0.1) is 12.3 Å². The molecule has 1 heterocycles. The van der Waals surface area contributed by atoms with Crippen LogP contribution in [0.1, 0.15) is 61.2 Å². The summed E-state index contributed by atoms with van der Waals surface area (Å²) in [5, 5.41) is 3.61. The van der Waals surface area contributed by atoms with E-state index in [1.807, 2.05) is 12.1 Å². The van der Waals surface area contributed by atoms with Gasteiger partial charge < -0.3 is 9.73 Å². The minimum Gasteiger partial charge on any atom is -0.468 e. The summed E-state index contributed by atoms with van der Waals surface area (Å²) in [7, 11) is 0. The summed E-state index contributed by atoms with van der Waals surface area (Å²) in [6.07, 6.45) is 6.90. The Balaban J connectivity index is 1.72. The number of fused-ring (bicyclic) bond motifs is 1. The summed E-state index contributed by atoms with van der Waals surface area (Å²) in [6, 6.07) is 11.5. The molecule has 0 amide bonds. The largest absolute Gasteiger partial charge is 0.468 e. The van der Waals surface area contributed by atoms with E-state index in [-0.39, 0.29) is 6.04 Å². The van der Waals surface area contributed by atoms with Crippen LogP contribution in [0.15, 0.2) is 41.0 Å². The molecule has 0 radical (unpaired) electrons. The third-order valence-corrected chi connectivity index (χ3v) is 4.34. The first-order valence-corrected chi connectivity index (χ1v) is 7.65. The van der Waals surface area contributed by atoms with Gasteiger partial charge in [0, 0.05) is 6.04 Å². The Morgan fingerprint density at radius 1 is 1.00 bits per heavy atom. The van der Waals surface area contributed by atoms with E-state index in [2.05, 4.69) is 37.4 Å². The smallest absolute Gasteiger partial charge is 0.120 e. The predicted octanol–water partition coefficient (Wildman–Crippen LogP) is 4.57. The van der Waals surface area contributed by atoms with Gasteiger partial charge in [0.15, 0.2) is 0 Å². The van der Waals surface area contributed by atoms with Crippen LogP contribution >= 0.6 is 0 Å². The van der Waals surface area contributed by atoms with E-state index in [0.29, 0.717) is 6.04 Å². The molecular formula is C18H23NO. The Morgan fingerprint density at radius 3 is 2.55 bits per heavy atom.